The van der Waals surface area contributed by atoms with Crippen LogP contribution in [0, 0.1) is 11.8 Å². The van der Waals surface area contributed by atoms with Crippen LogP contribution in [0.15, 0.2) is 28.7 Å². The summed E-state index contributed by atoms with van der Waals surface area (Å²) in [6.07, 6.45) is 2.43. The first kappa shape index (κ1) is 15.0. The molecule has 106 valence electrons. The van der Waals surface area contributed by atoms with E-state index in [2.05, 4.69) is 58.9 Å². The van der Waals surface area contributed by atoms with Crippen LogP contribution in [0.25, 0.3) is 0 Å². The number of nitrogens with zero attached hydrogens (tertiary/aromatic N) is 1. The second-order valence-corrected chi connectivity index (χ2v) is 6.65. The molecule has 0 radical (unpaired) electrons. The van der Waals surface area contributed by atoms with Crippen molar-refractivity contribution in [1.29, 1.82) is 0 Å². The van der Waals surface area contributed by atoms with E-state index in [0.717, 1.165) is 25.4 Å². The van der Waals surface area contributed by atoms with Crippen molar-refractivity contribution in [3.8, 4) is 0 Å². The summed E-state index contributed by atoms with van der Waals surface area (Å²) in [5.74, 6) is 1.41. The fraction of sp³-hybridized carbons (Fsp3) is 0.625. The van der Waals surface area contributed by atoms with Crippen LogP contribution in [0.4, 0.5) is 0 Å². The molecule has 3 atom stereocenters. The Kier molecular flexibility index (Phi) is 5.43. The standard InChI is InChI=1S/C16H25BrN2/c1-3-16(13-5-4-6-15(17)9-13)19-8-7-12(2)14(10-18)11-19/h4-6,9,12,14,16H,3,7-8,10-11,18H2,1-2H3. The molecule has 1 saturated heterocycles. The number of halogens is 1. The van der Waals surface area contributed by atoms with E-state index in [0.29, 0.717) is 12.0 Å². The van der Waals surface area contributed by atoms with Crippen LogP contribution < -0.4 is 5.73 Å². The van der Waals surface area contributed by atoms with E-state index in [1.165, 1.54) is 23.0 Å². The van der Waals surface area contributed by atoms with E-state index in [1.54, 1.807) is 0 Å². The molecule has 1 aliphatic heterocycles. The molecular formula is C16H25BrN2. The fourth-order valence-corrected chi connectivity index (χ4v) is 3.60. The molecule has 0 amide bonds. The zero-order chi connectivity index (χ0) is 13.8. The van der Waals surface area contributed by atoms with Gasteiger partial charge in [-0.3, -0.25) is 4.90 Å². The normalized spacial score (nSPS) is 26.3. The van der Waals surface area contributed by atoms with Crippen molar-refractivity contribution in [3.05, 3.63) is 34.3 Å². The molecule has 0 saturated carbocycles. The van der Waals surface area contributed by atoms with Gasteiger partial charge in [-0.25, -0.2) is 0 Å². The van der Waals surface area contributed by atoms with Crippen LogP contribution in [-0.2, 0) is 0 Å². The topological polar surface area (TPSA) is 29.3 Å². The van der Waals surface area contributed by atoms with Gasteiger partial charge in [-0.2, -0.15) is 0 Å². The first-order valence-corrected chi connectivity index (χ1v) is 8.14. The van der Waals surface area contributed by atoms with Crippen LogP contribution in [0.2, 0.25) is 0 Å². The maximum atomic E-state index is 5.93. The number of hydrogen-bond acceptors (Lipinski definition) is 2. The quantitative estimate of drug-likeness (QED) is 0.912. The number of nitrogens with two attached hydrogens (primary N) is 1. The second-order valence-electron chi connectivity index (χ2n) is 5.74. The second kappa shape index (κ2) is 6.87. The zero-order valence-corrected chi connectivity index (χ0v) is 13.6. The zero-order valence-electron chi connectivity index (χ0n) is 12.0. The van der Waals surface area contributed by atoms with Gasteiger partial charge in [0, 0.05) is 17.1 Å². The van der Waals surface area contributed by atoms with Gasteiger partial charge in [0.15, 0.2) is 0 Å². The van der Waals surface area contributed by atoms with Crippen molar-refractivity contribution < 1.29 is 0 Å². The lowest BCUT2D eigenvalue weighted by atomic mass is 9.85. The molecule has 0 aliphatic carbocycles. The molecule has 0 spiro atoms. The highest BCUT2D eigenvalue weighted by Crippen LogP contribution is 2.32. The molecular weight excluding hydrogens is 300 g/mol. The third-order valence-electron chi connectivity index (χ3n) is 4.51. The minimum absolute atomic E-state index is 0.527. The Hall–Kier alpha value is -0.380. The Bertz CT molecular complexity index is 407. The Labute approximate surface area is 125 Å². The lowest BCUT2D eigenvalue weighted by Gasteiger charge is -2.41. The molecule has 3 unspecified atom stereocenters. The van der Waals surface area contributed by atoms with Crippen molar-refractivity contribution in [2.24, 2.45) is 17.6 Å². The van der Waals surface area contributed by atoms with Crippen molar-refractivity contribution in [3.63, 3.8) is 0 Å². The summed E-state index contributed by atoms with van der Waals surface area (Å²) in [5, 5.41) is 0. The van der Waals surface area contributed by atoms with Gasteiger partial charge in [0.2, 0.25) is 0 Å². The largest absolute Gasteiger partial charge is 0.330 e. The highest BCUT2D eigenvalue weighted by Gasteiger charge is 2.29. The minimum atomic E-state index is 0.527. The average Bonchev–Trinajstić information content (AvgIpc) is 2.41. The number of rotatable bonds is 4. The van der Waals surface area contributed by atoms with Gasteiger partial charge in [-0.1, -0.05) is 41.9 Å². The van der Waals surface area contributed by atoms with Gasteiger partial charge in [0.1, 0.15) is 0 Å². The molecule has 1 fully saturated rings. The lowest BCUT2D eigenvalue weighted by Crippen LogP contribution is -2.44. The molecule has 1 aromatic carbocycles. The van der Waals surface area contributed by atoms with E-state index in [1.807, 2.05) is 0 Å². The van der Waals surface area contributed by atoms with E-state index >= 15 is 0 Å². The molecule has 1 heterocycles. The SMILES string of the molecule is CCC(c1cccc(Br)c1)N1CCC(C)C(CN)C1. The smallest absolute Gasteiger partial charge is 0.0346 e. The summed E-state index contributed by atoms with van der Waals surface area (Å²) < 4.78 is 1.17. The highest BCUT2D eigenvalue weighted by atomic mass is 79.9. The van der Waals surface area contributed by atoms with Crippen molar-refractivity contribution in [2.75, 3.05) is 19.6 Å². The predicted octanol–water partition coefficient (Wildman–Crippen LogP) is 3.82. The van der Waals surface area contributed by atoms with E-state index in [-0.39, 0.29) is 0 Å². The van der Waals surface area contributed by atoms with Gasteiger partial charge in [0.25, 0.3) is 0 Å². The molecule has 19 heavy (non-hydrogen) atoms. The van der Waals surface area contributed by atoms with Gasteiger partial charge in [-0.15, -0.1) is 0 Å². The average molecular weight is 325 g/mol. The molecule has 1 aliphatic rings. The number of likely N-dealkylation sites (tertiary alicyclic amines) is 1. The van der Waals surface area contributed by atoms with Gasteiger partial charge in [0.05, 0.1) is 0 Å². The summed E-state index contributed by atoms with van der Waals surface area (Å²) in [4.78, 5) is 2.62. The Morgan fingerprint density at radius 2 is 2.26 bits per heavy atom. The van der Waals surface area contributed by atoms with Crippen LogP contribution in [0.5, 0.6) is 0 Å². The van der Waals surface area contributed by atoms with E-state index < -0.39 is 0 Å². The van der Waals surface area contributed by atoms with Gasteiger partial charge in [-0.05, 0) is 55.5 Å². The summed E-state index contributed by atoms with van der Waals surface area (Å²) in [5.41, 5.74) is 7.34. The molecule has 2 rings (SSSR count). The Balaban J connectivity index is 2.14. The first-order chi connectivity index (χ1) is 9.15. The van der Waals surface area contributed by atoms with Crippen LogP contribution in [0.1, 0.15) is 38.3 Å². The third-order valence-corrected chi connectivity index (χ3v) is 5.00. The number of benzene rings is 1. The highest BCUT2D eigenvalue weighted by molar-refractivity contribution is 9.10. The summed E-state index contributed by atoms with van der Waals surface area (Å²) >= 11 is 3.58. The van der Waals surface area contributed by atoms with Crippen molar-refractivity contribution in [2.45, 2.75) is 32.7 Å². The first-order valence-electron chi connectivity index (χ1n) is 7.35. The van der Waals surface area contributed by atoms with Crippen molar-refractivity contribution in [1.82, 2.24) is 4.90 Å². The van der Waals surface area contributed by atoms with Crippen molar-refractivity contribution >= 4 is 15.9 Å². The molecule has 1 aromatic rings. The number of piperidine rings is 1. The predicted molar refractivity (Wildman–Crippen MR) is 85.1 cm³/mol. The minimum Gasteiger partial charge on any atom is -0.330 e. The maximum absolute atomic E-state index is 5.93. The van der Waals surface area contributed by atoms with E-state index in [9.17, 15) is 0 Å². The summed E-state index contributed by atoms with van der Waals surface area (Å²) in [7, 11) is 0. The molecule has 0 bridgehead atoms. The lowest BCUT2D eigenvalue weighted by molar-refractivity contribution is 0.0885. The number of hydrogen-bond donors (Lipinski definition) is 1. The monoisotopic (exact) mass is 324 g/mol. The maximum Gasteiger partial charge on any atom is 0.0346 e. The molecule has 0 aromatic heterocycles. The Morgan fingerprint density at radius 1 is 1.47 bits per heavy atom. The molecule has 3 heteroatoms. The third kappa shape index (κ3) is 3.59. The Morgan fingerprint density at radius 3 is 2.89 bits per heavy atom. The van der Waals surface area contributed by atoms with E-state index in [4.69, 9.17) is 5.73 Å². The molecule has 2 N–H and O–H groups in total. The summed E-state index contributed by atoms with van der Waals surface area (Å²) in [6, 6.07) is 9.25. The van der Waals surface area contributed by atoms with Crippen LogP contribution in [-0.4, -0.2) is 24.5 Å². The van der Waals surface area contributed by atoms with Crippen LogP contribution in [0.3, 0.4) is 0 Å². The summed E-state index contributed by atoms with van der Waals surface area (Å²) in [6.45, 7) is 7.77. The fourth-order valence-electron chi connectivity index (χ4n) is 3.19. The molecule has 2 nitrogen and oxygen atoms in total. The van der Waals surface area contributed by atoms with Gasteiger partial charge < -0.3 is 5.73 Å². The van der Waals surface area contributed by atoms with Crippen LogP contribution >= 0.6 is 15.9 Å². The van der Waals surface area contributed by atoms with Gasteiger partial charge >= 0.3 is 0 Å².